The summed E-state index contributed by atoms with van der Waals surface area (Å²) < 4.78 is 51.7. The summed E-state index contributed by atoms with van der Waals surface area (Å²) in [5.41, 5.74) is -0.0470. The summed E-state index contributed by atoms with van der Waals surface area (Å²) in [5.74, 6) is -1.62. The summed E-state index contributed by atoms with van der Waals surface area (Å²) in [6.07, 6.45) is -3.43. The van der Waals surface area contributed by atoms with Crippen LogP contribution >= 0.6 is 0 Å². The first-order valence-corrected chi connectivity index (χ1v) is 7.80. The summed E-state index contributed by atoms with van der Waals surface area (Å²) in [6, 6.07) is 8.02. The third-order valence-electron chi connectivity index (χ3n) is 3.56. The van der Waals surface area contributed by atoms with E-state index in [9.17, 15) is 27.2 Å². The lowest BCUT2D eigenvalue weighted by molar-refractivity contribution is -0.137. The van der Waals surface area contributed by atoms with Crippen molar-refractivity contribution in [1.82, 2.24) is 0 Å². The fourth-order valence-electron chi connectivity index (χ4n) is 2.28. The van der Waals surface area contributed by atoms with Gasteiger partial charge in [0.1, 0.15) is 5.82 Å². The van der Waals surface area contributed by atoms with Crippen LogP contribution in [0.3, 0.4) is 0 Å². The van der Waals surface area contributed by atoms with Gasteiger partial charge in [-0.3, -0.25) is 9.59 Å². The van der Waals surface area contributed by atoms with E-state index in [0.29, 0.717) is 11.1 Å². The quantitative estimate of drug-likeness (QED) is 0.589. The van der Waals surface area contributed by atoms with Crippen molar-refractivity contribution in [2.75, 3.05) is 10.6 Å². The molecule has 2 aromatic carbocycles. The van der Waals surface area contributed by atoms with E-state index >= 15 is 0 Å². The van der Waals surface area contributed by atoms with Gasteiger partial charge in [0.15, 0.2) is 0 Å². The molecule has 2 N–H and O–H groups in total. The van der Waals surface area contributed by atoms with Crippen LogP contribution in [-0.2, 0) is 15.8 Å². The largest absolute Gasteiger partial charge is 0.416 e. The topological polar surface area (TPSA) is 58.2 Å². The predicted octanol–water partition coefficient (Wildman–Crippen LogP) is 4.84. The molecule has 0 bridgehead atoms. The minimum absolute atomic E-state index is 0.0386. The van der Waals surface area contributed by atoms with Crippen molar-refractivity contribution in [3.05, 3.63) is 65.5 Å². The van der Waals surface area contributed by atoms with Crippen molar-refractivity contribution < 1.29 is 27.2 Å². The first-order valence-electron chi connectivity index (χ1n) is 7.80. The first kappa shape index (κ1) is 20.2. The molecule has 142 valence electrons. The summed E-state index contributed by atoms with van der Waals surface area (Å²) in [7, 11) is 0. The van der Waals surface area contributed by atoms with Crippen LogP contribution in [0, 0.1) is 5.82 Å². The van der Waals surface area contributed by atoms with Gasteiger partial charge in [-0.25, -0.2) is 4.39 Å². The number of alkyl halides is 3. The zero-order chi connectivity index (χ0) is 20.2. The maximum Gasteiger partial charge on any atom is 0.416 e. The number of hydrogen-bond donors (Lipinski definition) is 2. The van der Waals surface area contributed by atoms with Gasteiger partial charge >= 0.3 is 6.18 Å². The average molecular weight is 380 g/mol. The third-order valence-corrected chi connectivity index (χ3v) is 3.56. The van der Waals surface area contributed by atoms with E-state index in [1.807, 2.05) is 0 Å². The van der Waals surface area contributed by atoms with Gasteiger partial charge in [0, 0.05) is 13.0 Å². The van der Waals surface area contributed by atoms with E-state index in [1.54, 1.807) is 6.92 Å². The predicted molar refractivity (Wildman–Crippen MR) is 94.4 cm³/mol. The van der Waals surface area contributed by atoms with Gasteiger partial charge in [-0.15, -0.1) is 0 Å². The number of benzene rings is 2. The van der Waals surface area contributed by atoms with Gasteiger partial charge in [0.25, 0.3) is 0 Å². The summed E-state index contributed by atoms with van der Waals surface area (Å²) in [4.78, 5) is 23.4. The molecule has 0 unspecified atom stereocenters. The van der Waals surface area contributed by atoms with Crippen LogP contribution in [-0.4, -0.2) is 11.8 Å². The van der Waals surface area contributed by atoms with Gasteiger partial charge < -0.3 is 10.6 Å². The molecule has 8 heteroatoms. The summed E-state index contributed by atoms with van der Waals surface area (Å²) >= 11 is 0. The second-order valence-corrected chi connectivity index (χ2v) is 5.76. The smallest absolute Gasteiger partial charge is 0.325 e. The summed E-state index contributed by atoms with van der Waals surface area (Å²) in [5, 5.41) is 4.70. The fraction of sp³-hybridized carbons (Fsp3) is 0.158. The van der Waals surface area contributed by atoms with Crippen molar-refractivity contribution in [3.8, 4) is 0 Å². The molecule has 0 fully saturated rings. The molecule has 0 aliphatic rings. The Morgan fingerprint density at radius 3 is 2.11 bits per heavy atom. The average Bonchev–Trinajstić information content (AvgIpc) is 2.55. The van der Waals surface area contributed by atoms with Gasteiger partial charge in [-0.1, -0.05) is 12.1 Å². The van der Waals surface area contributed by atoms with E-state index in [4.69, 9.17) is 0 Å². The van der Waals surface area contributed by atoms with E-state index in [0.717, 1.165) is 18.2 Å². The van der Waals surface area contributed by atoms with Crippen molar-refractivity contribution in [1.29, 1.82) is 0 Å². The molecule has 0 aliphatic heterocycles. The molecule has 0 radical (unpaired) electrons. The van der Waals surface area contributed by atoms with E-state index in [2.05, 4.69) is 10.6 Å². The highest BCUT2D eigenvalue weighted by atomic mass is 19.4. The lowest BCUT2D eigenvalue weighted by Gasteiger charge is -2.14. The molecule has 2 aromatic rings. The lowest BCUT2D eigenvalue weighted by Crippen LogP contribution is -2.15. The number of hydrogen-bond acceptors (Lipinski definition) is 2. The van der Waals surface area contributed by atoms with Crippen LogP contribution < -0.4 is 10.6 Å². The van der Waals surface area contributed by atoms with Crippen LogP contribution in [0.25, 0.3) is 5.57 Å². The fourth-order valence-corrected chi connectivity index (χ4v) is 2.28. The normalized spacial score (nSPS) is 11.9. The second kappa shape index (κ2) is 8.03. The number of anilines is 2. The highest BCUT2D eigenvalue weighted by Crippen LogP contribution is 2.34. The Morgan fingerprint density at radius 1 is 0.926 bits per heavy atom. The van der Waals surface area contributed by atoms with Crippen molar-refractivity contribution in [3.63, 3.8) is 0 Å². The minimum Gasteiger partial charge on any atom is -0.325 e. The summed E-state index contributed by atoms with van der Waals surface area (Å²) in [6.45, 7) is 2.80. The zero-order valence-electron chi connectivity index (χ0n) is 14.4. The Kier molecular flexibility index (Phi) is 5.99. The van der Waals surface area contributed by atoms with E-state index < -0.39 is 29.4 Å². The Balaban J connectivity index is 2.30. The number of rotatable bonds is 4. The standard InChI is InChI=1S/C19H16F4N2O2/c1-11(13-3-6-15(20)7-4-13)9-18(27)25-17-10-14(19(21,22)23)5-8-16(17)24-12(2)26/h3-10H,1-2H3,(H,24,26)(H,25,27)/b11-9+. The SMILES string of the molecule is CC(=O)Nc1ccc(C(F)(F)F)cc1NC(=O)/C=C(\C)c1ccc(F)cc1. The Morgan fingerprint density at radius 2 is 1.56 bits per heavy atom. The highest BCUT2D eigenvalue weighted by Gasteiger charge is 2.31. The third kappa shape index (κ3) is 5.67. The number of carbonyl (C=O) groups is 2. The molecular weight excluding hydrogens is 364 g/mol. The molecule has 4 nitrogen and oxygen atoms in total. The van der Waals surface area contributed by atoms with Gasteiger partial charge in [0.2, 0.25) is 11.8 Å². The highest BCUT2D eigenvalue weighted by molar-refractivity contribution is 6.06. The number of halogens is 4. The Hall–Kier alpha value is -3.16. The number of allylic oxidation sites excluding steroid dienone is 1. The maximum atomic E-state index is 13.0. The molecule has 2 rings (SSSR count). The maximum absolute atomic E-state index is 13.0. The Bertz CT molecular complexity index is 888. The minimum atomic E-state index is -4.60. The molecular formula is C19H16F4N2O2. The molecule has 0 atom stereocenters. The molecule has 27 heavy (non-hydrogen) atoms. The molecule has 0 saturated carbocycles. The zero-order valence-corrected chi connectivity index (χ0v) is 14.4. The molecule has 0 aliphatic carbocycles. The van der Waals surface area contributed by atoms with Crippen LogP contribution in [0.4, 0.5) is 28.9 Å². The number of carbonyl (C=O) groups excluding carboxylic acids is 2. The molecule has 2 amide bonds. The monoisotopic (exact) mass is 380 g/mol. The van der Waals surface area contributed by atoms with Crippen LogP contribution in [0.2, 0.25) is 0 Å². The number of nitrogens with one attached hydrogen (secondary N) is 2. The van der Waals surface area contributed by atoms with E-state index in [1.165, 1.54) is 37.3 Å². The van der Waals surface area contributed by atoms with Crippen molar-refractivity contribution in [2.45, 2.75) is 20.0 Å². The molecule has 0 aromatic heterocycles. The van der Waals surface area contributed by atoms with Gasteiger partial charge in [0.05, 0.1) is 16.9 Å². The van der Waals surface area contributed by atoms with Crippen LogP contribution in [0.1, 0.15) is 25.0 Å². The van der Waals surface area contributed by atoms with Gasteiger partial charge in [-0.2, -0.15) is 13.2 Å². The molecule has 0 spiro atoms. The van der Waals surface area contributed by atoms with E-state index in [-0.39, 0.29) is 11.4 Å². The van der Waals surface area contributed by atoms with Crippen LogP contribution in [0.15, 0.2) is 48.5 Å². The lowest BCUT2D eigenvalue weighted by atomic mass is 10.1. The Labute approximate surface area is 152 Å². The second-order valence-electron chi connectivity index (χ2n) is 5.76. The number of amides is 2. The van der Waals surface area contributed by atoms with Crippen molar-refractivity contribution in [2.24, 2.45) is 0 Å². The molecule has 0 saturated heterocycles. The first-order chi connectivity index (χ1) is 12.6. The van der Waals surface area contributed by atoms with Crippen molar-refractivity contribution >= 4 is 28.8 Å². The van der Waals surface area contributed by atoms with Gasteiger partial charge in [-0.05, 0) is 48.4 Å². The molecule has 0 heterocycles. The van der Waals surface area contributed by atoms with Crippen LogP contribution in [0.5, 0.6) is 0 Å².